The molecule has 1 fully saturated rings. The Kier molecular flexibility index (Phi) is 5.55. The largest absolute Gasteiger partial charge is 0.444 e. The van der Waals surface area contributed by atoms with Gasteiger partial charge in [-0.15, -0.1) is 0 Å². The van der Waals surface area contributed by atoms with Crippen LogP contribution in [0.3, 0.4) is 0 Å². The lowest BCUT2D eigenvalue weighted by molar-refractivity contribution is 0.0170. The van der Waals surface area contributed by atoms with E-state index in [1.807, 2.05) is 20.8 Å². The van der Waals surface area contributed by atoms with Crippen molar-refractivity contribution in [3.63, 3.8) is 0 Å². The van der Waals surface area contributed by atoms with Gasteiger partial charge in [0.2, 0.25) is 0 Å². The van der Waals surface area contributed by atoms with Gasteiger partial charge in [-0.05, 0) is 63.9 Å². The zero-order valence-corrected chi connectivity index (χ0v) is 14.7. The maximum absolute atomic E-state index is 12.0. The summed E-state index contributed by atoms with van der Waals surface area (Å²) < 4.78 is 5.28. The second-order valence-electron chi connectivity index (χ2n) is 7.11. The first kappa shape index (κ1) is 18.0. The van der Waals surface area contributed by atoms with E-state index in [0.717, 1.165) is 24.9 Å². The van der Waals surface area contributed by atoms with Gasteiger partial charge in [0.15, 0.2) is 0 Å². The fourth-order valence-electron chi connectivity index (χ4n) is 2.70. The molecule has 1 aliphatic rings. The van der Waals surface area contributed by atoms with E-state index < -0.39 is 17.3 Å². The average Bonchev–Trinajstić information content (AvgIpc) is 2.40. The SMILES string of the molecule is CC(C)(C)OC(=O)Nc1ccc(Cl)cc1CC1(O)CCCNC1. The highest BCUT2D eigenvalue weighted by atomic mass is 35.5. The predicted molar refractivity (Wildman–Crippen MR) is 92.1 cm³/mol. The van der Waals surface area contributed by atoms with Crippen LogP contribution < -0.4 is 10.6 Å². The summed E-state index contributed by atoms with van der Waals surface area (Å²) >= 11 is 6.08. The molecule has 1 atom stereocenters. The first-order chi connectivity index (χ1) is 10.7. The Labute approximate surface area is 142 Å². The summed E-state index contributed by atoms with van der Waals surface area (Å²) in [5.74, 6) is 0. The highest BCUT2D eigenvalue weighted by Gasteiger charge is 2.30. The molecular weight excluding hydrogens is 316 g/mol. The third-order valence-electron chi connectivity index (χ3n) is 3.67. The van der Waals surface area contributed by atoms with Crippen molar-refractivity contribution >= 4 is 23.4 Å². The number of hydrogen-bond acceptors (Lipinski definition) is 4. The van der Waals surface area contributed by atoms with Gasteiger partial charge in [0, 0.05) is 23.7 Å². The number of aliphatic hydroxyl groups is 1. The third-order valence-corrected chi connectivity index (χ3v) is 3.91. The van der Waals surface area contributed by atoms with Crippen molar-refractivity contribution in [2.24, 2.45) is 0 Å². The number of nitrogens with one attached hydrogen (secondary N) is 2. The van der Waals surface area contributed by atoms with Crippen LogP contribution in [-0.2, 0) is 11.2 Å². The minimum absolute atomic E-state index is 0.422. The minimum Gasteiger partial charge on any atom is -0.444 e. The van der Waals surface area contributed by atoms with E-state index in [2.05, 4.69) is 10.6 Å². The van der Waals surface area contributed by atoms with Gasteiger partial charge in [-0.3, -0.25) is 5.32 Å². The van der Waals surface area contributed by atoms with Crippen LogP contribution in [0.15, 0.2) is 18.2 Å². The summed E-state index contributed by atoms with van der Waals surface area (Å²) in [5.41, 5.74) is 0.0207. The van der Waals surface area contributed by atoms with E-state index in [0.29, 0.717) is 23.7 Å². The lowest BCUT2D eigenvalue weighted by Gasteiger charge is -2.33. The summed E-state index contributed by atoms with van der Waals surface area (Å²) in [5, 5.41) is 17.2. The molecule has 1 saturated heterocycles. The molecule has 1 aromatic rings. The number of anilines is 1. The first-order valence-electron chi connectivity index (χ1n) is 7.88. The van der Waals surface area contributed by atoms with Crippen LogP contribution >= 0.6 is 11.6 Å². The molecule has 0 aliphatic carbocycles. The molecule has 1 amide bonds. The molecule has 1 aromatic carbocycles. The molecule has 0 radical (unpaired) electrons. The van der Waals surface area contributed by atoms with Gasteiger partial charge in [0.25, 0.3) is 0 Å². The monoisotopic (exact) mass is 340 g/mol. The molecule has 1 aliphatic heterocycles. The number of halogens is 1. The van der Waals surface area contributed by atoms with Crippen molar-refractivity contribution in [1.29, 1.82) is 0 Å². The number of carbonyl (C=O) groups excluding carboxylic acids is 1. The van der Waals surface area contributed by atoms with Crippen molar-refractivity contribution in [2.45, 2.75) is 51.2 Å². The van der Waals surface area contributed by atoms with Crippen LogP contribution in [0.2, 0.25) is 5.02 Å². The van der Waals surface area contributed by atoms with Gasteiger partial charge in [0.05, 0.1) is 5.60 Å². The zero-order valence-electron chi connectivity index (χ0n) is 13.9. The maximum atomic E-state index is 12.0. The molecule has 5 nitrogen and oxygen atoms in total. The summed E-state index contributed by atoms with van der Waals surface area (Å²) in [6.45, 7) is 6.88. The number of hydrogen-bond donors (Lipinski definition) is 3. The fraction of sp³-hybridized carbons (Fsp3) is 0.588. The Bertz CT molecular complexity index is 563. The molecule has 23 heavy (non-hydrogen) atoms. The van der Waals surface area contributed by atoms with E-state index in [4.69, 9.17) is 16.3 Å². The molecule has 0 aromatic heterocycles. The van der Waals surface area contributed by atoms with Crippen molar-refractivity contribution in [1.82, 2.24) is 5.32 Å². The second-order valence-corrected chi connectivity index (χ2v) is 7.55. The van der Waals surface area contributed by atoms with Gasteiger partial charge in [0.1, 0.15) is 5.60 Å². The third kappa shape index (κ3) is 5.68. The quantitative estimate of drug-likeness (QED) is 0.789. The summed E-state index contributed by atoms with van der Waals surface area (Å²) in [6.07, 6.45) is 1.55. The van der Waals surface area contributed by atoms with Crippen LogP contribution in [0, 0.1) is 0 Å². The number of benzene rings is 1. The van der Waals surface area contributed by atoms with Gasteiger partial charge in [-0.25, -0.2) is 4.79 Å². The van der Waals surface area contributed by atoms with Crippen LogP contribution in [0.4, 0.5) is 10.5 Å². The van der Waals surface area contributed by atoms with Gasteiger partial charge in [-0.1, -0.05) is 11.6 Å². The van der Waals surface area contributed by atoms with Crippen molar-refractivity contribution in [2.75, 3.05) is 18.4 Å². The average molecular weight is 341 g/mol. The highest BCUT2D eigenvalue weighted by Crippen LogP contribution is 2.28. The Hall–Kier alpha value is -1.30. The summed E-state index contributed by atoms with van der Waals surface area (Å²) in [4.78, 5) is 12.0. The molecule has 2 rings (SSSR count). The van der Waals surface area contributed by atoms with E-state index in [1.54, 1.807) is 18.2 Å². The maximum Gasteiger partial charge on any atom is 0.412 e. The number of rotatable bonds is 3. The first-order valence-corrected chi connectivity index (χ1v) is 8.26. The van der Waals surface area contributed by atoms with Crippen LogP contribution in [-0.4, -0.2) is 35.5 Å². The number of β-amino-alcohol motifs (C(OH)–C–C–N with tert-alkyl or cyclic N) is 1. The van der Waals surface area contributed by atoms with Gasteiger partial charge < -0.3 is 15.2 Å². The van der Waals surface area contributed by atoms with E-state index in [-0.39, 0.29) is 0 Å². The Balaban J connectivity index is 2.15. The lowest BCUT2D eigenvalue weighted by atomic mass is 9.87. The van der Waals surface area contributed by atoms with E-state index in [1.165, 1.54) is 0 Å². The standard InChI is InChI=1S/C17H25ClN2O3/c1-16(2,3)23-15(21)20-14-6-5-13(18)9-12(14)10-17(22)7-4-8-19-11-17/h5-6,9,19,22H,4,7-8,10-11H2,1-3H3,(H,20,21). The molecule has 0 spiro atoms. The molecule has 1 heterocycles. The van der Waals surface area contributed by atoms with Gasteiger partial charge >= 0.3 is 6.09 Å². The lowest BCUT2D eigenvalue weighted by Crippen LogP contribution is -2.47. The molecule has 0 saturated carbocycles. The van der Waals surface area contributed by atoms with Gasteiger partial charge in [-0.2, -0.15) is 0 Å². The molecule has 0 bridgehead atoms. The summed E-state index contributed by atoms with van der Waals surface area (Å²) in [6, 6.07) is 5.23. The van der Waals surface area contributed by atoms with Crippen molar-refractivity contribution in [3.8, 4) is 0 Å². The van der Waals surface area contributed by atoms with E-state index >= 15 is 0 Å². The molecule has 6 heteroatoms. The predicted octanol–water partition coefficient (Wildman–Crippen LogP) is 3.34. The van der Waals surface area contributed by atoms with Crippen molar-refractivity contribution in [3.05, 3.63) is 28.8 Å². The Morgan fingerprint density at radius 2 is 2.22 bits per heavy atom. The number of amides is 1. The summed E-state index contributed by atoms with van der Waals surface area (Å²) in [7, 11) is 0. The molecule has 128 valence electrons. The van der Waals surface area contributed by atoms with Crippen LogP contribution in [0.25, 0.3) is 0 Å². The van der Waals surface area contributed by atoms with Crippen LogP contribution in [0.5, 0.6) is 0 Å². The molecule has 1 unspecified atom stereocenters. The topological polar surface area (TPSA) is 70.6 Å². The highest BCUT2D eigenvalue weighted by molar-refractivity contribution is 6.30. The number of carbonyl (C=O) groups is 1. The zero-order chi connectivity index (χ0) is 17.1. The molecule has 3 N–H and O–H groups in total. The van der Waals surface area contributed by atoms with Crippen molar-refractivity contribution < 1.29 is 14.6 Å². The Morgan fingerprint density at radius 1 is 1.48 bits per heavy atom. The fourth-order valence-corrected chi connectivity index (χ4v) is 2.90. The number of piperidine rings is 1. The van der Waals surface area contributed by atoms with Crippen LogP contribution in [0.1, 0.15) is 39.2 Å². The van der Waals surface area contributed by atoms with E-state index in [9.17, 15) is 9.90 Å². The molecular formula is C17H25ClN2O3. The Morgan fingerprint density at radius 3 is 2.83 bits per heavy atom. The smallest absolute Gasteiger partial charge is 0.412 e. The minimum atomic E-state index is -0.826. The second kappa shape index (κ2) is 7.07. The normalized spacial score (nSPS) is 21.8. The number of ether oxygens (including phenoxy) is 1.